The number of carbonyl (C=O) groups is 2. The number of carbonyl (C=O) groups excluding carboxylic acids is 2. The molecule has 3 heterocycles. The number of nitrogens with zero attached hydrogens (tertiary/aromatic N) is 3. The Balaban J connectivity index is 1.60. The summed E-state index contributed by atoms with van der Waals surface area (Å²) in [5.41, 5.74) is 1.46. The first-order valence-electron chi connectivity index (χ1n) is 10.5. The van der Waals surface area contributed by atoms with Gasteiger partial charge in [0.15, 0.2) is 5.13 Å². The molecule has 0 radical (unpaired) electrons. The second-order valence-corrected chi connectivity index (χ2v) is 9.94. The third-order valence-corrected chi connectivity index (χ3v) is 7.15. The summed E-state index contributed by atoms with van der Waals surface area (Å²) < 4.78 is 5.79. The van der Waals surface area contributed by atoms with Crippen molar-refractivity contribution in [1.29, 1.82) is 0 Å². The second-order valence-electron chi connectivity index (χ2n) is 8.26. The summed E-state index contributed by atoms with van der Waals surface area (Å²) in [7, 11) is 0. The van der Waals surface area contributed by atoms with Crippen LogP contribution in [0.25, 0.3) is 11.3 Å². The maximum atomic E-state index is 13.5. The number of ether oxygens (including phenoxy) is 1. The number of amides is 2. The summed E-state index contributed by atoms with van der Waals surface area (Å²) in [6.45, 7) is 5.53. The molecule has 6 nitrogen and oxygen atoms in total. The van der Waals surface area contributed by atoms with Crippen LogP contribution in [0.15, 0.2) is 23.6 Å². The number of thiazole rings is 1. The summed E-state index contributed by atoms with van der Waals surface area (Å²) >= 11 is 13.8. The lowest BCUT2D eigenvalue weighted by Crippen LogP contribution is -2.42. The standard InChI is InChI=1S/C22H25Cl2N3O3S/c1-13(2)26-10-14(8-20(26)28)21(29)27(11-16-4-3-7-30-16)22-25-19(12-31-22)17-6-5-15(23)9-18(17)24/h5-6,9,12-14,16H,3-4,7-8,10-11H2,1-2H3. The second kappa shape index (κ2) is 9.45. The fourth-order valence-corrected chi connectivity index (χ4v) is 5.42. The van der Waals surface area contributed by atoms with Gasteiger partial charge in [0.1, 0.15) is 0 Å². The Morgan fingerprint density at radius 2 is 2.19 bits per heavy atom. The molecule has 0 N–H and O–H groups in total. The van der Waals surface area contributed by atoms with Crippen molar-refractivity contribution in [3.63, 3.8) is 0 Å². The molecule has 166 valence electrons. The van der Waals surface area contributed by atoms with Crippen molar-refractivity contribution in [2.75, 3.05) is 24.6 Å². The first-order chi connectivity index (χ1) is 14.8. The molecule has 2 aliphatic heterocycles. The highest BCUT2D eigenvalue weighted by Crippen LogP contribution is 2.35. The molecule has 0 spiro atoms. The van der Waals surface area contributed by atoms with Crippen LogP contribution in [0, 0.1) is 5.92 Å². The van der Waals surface area contributed by atoms with E-state index < -0.39 is 0 Å². The largest absolute Gasteiger partial charge is 0.376 e. The van der Waals surface area contributed by atoms with E-state index in [1.54, 1.807) is 21.9 Å². The van der Waals surface area contributed by atoms with Gasteiger partial charge in [0.2, 0.25) is 11.8 Å². The number of benzene rings is 1. The van der Waals surface area contributed by atoms with E-state index in [0.29, 0.717) is 40.6 Å². The van der Waals surface area contributed by atoms with Crippen LogP contribution in [-0.4, -0.2) is 53.5 Å². The van der Waals surface area contributed by atoms with Crippen molar-refractivity contribution in [3.05, 3.63) is 33.6 Å². The molecule has 2 amide bonds. The molecule has 2 atom stereocenters. The van der Waals surface area contributed by atoms with Crippen molar-refractivity contribution in [3.8, 4) is 11.3 Å². The number of hydrogen-bond donors (Lipinski definition) is 0. The lowest BCUT2D eigenvalue weighted by molar-refractivity contribution is -0.129. The molecule has 2 unspecified atom stereocenters. The Bertz CT molecular complexity index is 975. The summed E-state index contributed by atoms with van der Waals surface area (Å²) in [5, 5.41) is 3.55. The topological polar surface area (TPSA) is 62.7 Å². The summed E-state index contributed by atoms with van der Waals surface area (Å²) in [4.78, 5) is 34.1. The van der Waals surface area contributed by atoms with E-state index in [9.17, 15) is 9.59 Å². The minimum Gasteiger partial charge on any atom is -0.376 e. The minimum atomic E-state index is -0.372. The zero-order valence-electron chi connectivity index (χ0n) is 17.5. The van der Waals surface area contributed by atoms with E-state index in [2.05, 4.69) is 0 Å². The van der Waals surface area contributed by atoms with Crippen LogP contribution in [0.1, 0.15) is 33.1 Å². The lowest BCUT2D eigenvalue weighted by atomic mass is 10.1. The molecule has 1 aromatic heterocycles. The van der Waals surface area contributed by atoms with Crippen LogP contribution >= 0.6 is 34.5 Å². The number of anilines is 1. The van der Waals surface area contributed by atoms with Gasteiger partial charge in [0.05, 0.1) is 29.3 Å². The van der Waals surface area contributed by atoms with Crippen molar-refractivity contribution in [2.45, 2.75) is 45.3 Å². The van der Waals surface area contributed by atoms with Crippen molar-refractivity contribution in [2.24, 2.45) is 5.92 Å². The average molecular weight is 482 g/mol. The van der Waals surface area contributed by atoms with E-state index in [0.717, 1.165) is 18.4 Å². The Labute approximate surface area is 196 Å². The summed E-state index contributed by atoms with van der Waals surface area (Å²) in [6, 6.07) is 5.35. The normalized spacial score (nSPS) is 21.3. The van der Waals surface area contributed by atoms with Gasteiger partial charge in [-0.15, -0.1) is 11.3 Å². The highest BCUT2D eigenvalue weighted by atomic mass is 35.5. The predicted octanol–water partition coefficient (Wildman–Crippen LogP) is 4.89. The molecule has 2 saturated heterocycles. The zero-order chi connectivity index (χ0) is 22.1. The predicted molar refractivity (Wildman–Crippen MR) is 124 cm³/mol. The molecule has 1 aromatic carbocycles. The van der Waals surface area contributed by atoms with Gasteiger partial charge in [-0.2, -0.15) is 0 Å². The highest BCUT2D eigenvalue weighted by Gasteiger charge is 2.39. The smallest absolute Gasteiger partial charge is 0.234 e. The Hall–Kier alpha value is -1.67. The number of rotatable bonds is 6. The van der Waals surface area contributed by atoms with Crippen molar-refractivity contribution >= 4 is 51.5 Å². The quantitative estimate of drug-likeness (QED) is 0.589. The number of halogens is 2. The maximum absolute atomic E-state index is 13.5. The molecule has 2 aliphatic rings. The number of hydrogen-bond acceptors (Lipinski definition) is 5. The van der Waals surface area contributed by atoms with E-state index in [1.165, 1.54) is 11.3 Å². The van der Waals surface area contributed by atoms with Crippen LogP contribution in [0.3, 0.4) is 0 Å². The first-order valence-corrected chi connectivity index (χ1v) is 12.1. The first kappa shape index (κ1) is 22.5. The van der Waals surface area contributed by atoms with E-state index in [-0.39, 0.29) is 36.3 Å². The van der Waals surface area contributed by atoms with Crippen LogP contribution < -0.4 is 4.90 Å². The fourth-order valence-electron chi connectivity index (χ4n) is 4.08. The van der Waals surface area contributed by atoms with Crippen LogP contribution in [0.5, 0.6) is 0 Å². The van der Waals surface area contributed by atoms with Gasteiger partial charge >= 0.3 is 0 Å². The number of aromatic nitrogens is 1. The van der Waals surface area contributed by atoms with Crippen LogP contribution in [-0.2, 0) is 14.3 Å². The maximum Gasteiger partial charge on any atom is 0.234 e. The van der Waals surface area contributed by atoms with Crippen molar-refractivity contribution in [1.82, 2.24) is 9.88 Å². The van der Waals surface area contributed by atoms with Crippen LogP contribution in [0.4, 0.5) is 5.13 Å². The molecular formula is C22H25Cl2N3O3S. The molecule has 9 heteroatoms. The van der Waals surface area contributed by atoms with Gasteiger partial charge in [-0.05, 0) is 44.9 Å². The Morgan fingerprint density at radius 1 is 1.39 bits per heavy atom. The molecule has 31 heavy (non-hydrogen) atoms. The molecular weight excluding hydrogens is 457 g/mol. The Kier molecular flexibility index (Phi) is 6.86. The van der Waals surface area contributed by atoms with Gasteiger partial charge in [0, 0.05) is 41.6 Å². The Morgan fingerprint density at radius 3 is 2.84 bits per heavy atom. The third kappa shape index (κ3) is 4.90. The SMILES string of the molecule is CC(C)N1CC(C(=O)N(CC2CCCO2)c2nc(-c3ccc(Cl)cc3Cl)cs2)CC1=O. The van der Waals surface area contributed by atoms with Gasteiger partial charge < -0.3 is 9.64 Å². The highest BCUT2D eigenvalue weighted by molar-refractivity contribution is 7.14. The van der Waals surface area contributed by atoms with Gasteiger partial charge in [0.25, 0.3) is 0 Å². The lowest BCUT2D eigenvalue weighted by Gasteiger charge is -2.26. The fraction of sp³-hybridized carbons (Fsp3) is 0.500. The monoisotopic (exact) mass is 481 g/mol. The average Bonchev–Trinajstić information content (AvgIpc) is 3.46. The molecule has 0 aliphatic carbocycles. The summed E-state index contributed by atoms with van der Waals surface area (Å²) in [5.74, 6) is -0.420. The van der Waals surface area contributed by atoms with E-state index in [4.69, 9.17) is 32.9 Å². The molecule has 4 rings (SSSR count). The number of likely N-dealkylation sites (tertiary alicyclic amines) is 1. The molecule has 2 fully saturated rings. The van der Waals surface area contributed by atoms with Gasteiger partial charge in [-0.25, -0.2) is 4.98 Å². The van der Waals surface area contributed by atoms with Crippen molar-refractivity contribution < 1.29 is 14.3 Å². The summed E-state index contributed by atoms with van der Waals surface area (Å²) in [6.07, 6.45) is 2.11. The molecule has 0 bridgehead atoms. The van der Waals surface area contributed by atoms with Crippen LogP contribution in [0.2, 0.25) is 10.0 Å². The zero-order valence-corrected chi connectivity index (χ0v) is 19.8. The van der Waals surface area contributed by atoms with Gasteiger partial charge in [-0.1, -0.05) is 23.2 Å². The van der Waals surface area contributed by atoms with E-state index >= 15 is 0 Å². The third-order valence-electron chi connectivity index (χ3n) is 5.74. The van der Waals surface area contributed by atoms with Gasteiger partial charge in [-0.3, -0.25) is 14.5 Å². The van der Waals surface area contributed by atoms with E-state index in [1.807, 2.05) is 25.3 Å². The minimum absolute atomic E-state index is 0.0197. The molecule has 0 saturated carbocycles. The molecule has 2 aromatic rings.